The van der Waals surface area contributed by atoms with Gasteiger partial charge in [-0.3, -0.25) is 4.90 Å². The van der Waals surface area contributed by atoms with Gasteiger partial charge in [-0.1, -0.05) is 30.3 Å². The molecule has 110 valence electrons. The van der Waals surface area contributed by atoms with Crippen LogP contribution in [0, 0.1) is 0 Å². The standard InChI is InChI=1S/C17H27N3/c1-14-12-16(8-10-19(14)2)20-11-9-18-13-17(20)15-6-4-3-5-7-15/h3-7,14,16-18H,8-13H2,1-2H3. The maximum absolute atomic E-state index is 3.57. The maximum Gasteiger partial charge on any atom is 0.0476 e. The van der Waals surface area contributed by atoms with Crippen LogP contribution < -0.4 is 5.32 Å². The highest BCUT2D eigenvalue weighted by atomic mass is 15.3. The molecule has 2 fully saturated rings. The fraction of sp³-hybridized carbons (Fsp3) is 0.647. The summed E-state index contributed by atoms with van der Waals surface area (Å²) in [6.45, 7) is 7.00. The van der Waals surface area contributed by atoms with Crippen LogP contribution in [0.3, 0.4) is 0 Å². The Morgan fingerprint density at radius 3 is 2.70 bits per heavy atom. The van der Waals surface area contributed by atoms with Gasteiger partial charge in [-0.2, -0.15) is 0 Å². The number of benzene rings is 1. The lowest BCUT2D eigenvalue weighted by molar-refractivity contribution is 0.0439. The zero-order chi connectivity index (χ0) is 13.9. The Hall–Kier alpha value is -0.900. The summed E-state index contributed by atoms with van der Waals surface area (Å²) in [5.41, 5.74) is 1.46. The average Bonchev–Trinajstić information content (AvgIpc) is 2.51. The third-order valence-electron chi connectivity index (χ3n) is 5.12. The average molecular weight is 273 g/mol. The van der Waals surface area contributed by atoms with Gasteiger partial charge < -0.3 is 10.2 Å². The van der Waals surface area contributed by atoms with Gasteiger partial charge in [0.25, 0.3) is 0 Å². The fourth-order valence-electron chi connectivity index (χ4n) is 3.71. The van der Waals surface area contributed by atoms with Crippen molar-refractivity contribution in [2.24, 2.45) is 0 Å². The lowest BCUT2D eigenvalue weighted by Crippen LogP contribution is -2.54. The molecule has 0 aliphatic carbocycles. The quantitative estimate of drug-likeness (QED) is 0.890. The second kappa shape index (κ2) is 6.25. The number of rotatable bonds is 2. The zero-order valence-electron chi connectivity index (χ0n) is 12.8. The van der Waals surface area contributed by atoms with Crippen molar-refractivity contribution in [3.8, 4) is 0 Å². The minimum atomic E-state index is 0.547. The molecule has 1 N–H and O–H groups in total. The van der Waals surface area contributed by atoms with Crippen LogP contribution in [0.25, 0.3) is 0 Å². The Labute approximate surface area is 123 Å². The lowest BCUT2D eigenvalue weighted by atomic mass is 9.93. The predicted molar refractivity (Wildman–Crippen MR) is 83.9 cm³/mol. The minimum absolute atomic E-state index is 0.547. The molecular weight excluding hydrogens is 246 g/mol. The molecule has 3 unspecified atom stereocenters. The van der Waals surface area contributed by atoms with Crippen LogP contribution in [0.1, 0.15) is 31.4 Å². The summed E-state index contributed by atoms with van der Waals surface area (Å²) in [6.07, 6.45) is 2.62. The Bertz CT molecular complexity index is 420. The van der Waals surface area contributed by atoms with Crippen LogP contribution in [0.4, 0.5) is 0 Å². The van der Waals surface area contributed by atoms with E-state index >= 15 is 0 Å². The molecule has 0 aromatic heterocycles. The van der Waals surface area contributed by atoms with Gasteiger partial charge in [-0.05, 0) is 38.9 Å². The van der Waals surface area contributed by atoms with E-state index in [0.29, 0.717) is 12.1 Å². The Morgan fingerprint density at radius 2 is 1.95 bits per heavy atom. The molecule has 3 rings (SSSR count). The first-order valence-corrected chi connectivity index (χ1v) is 7.97. The largest absolute Gasteiger partial charge is 0.314 e. The summed E-state index contributed by atoms with van der Waals surface area (Å²) in [5.74, 6) is 0. The van der Waals surface area contributed by atoms with E-state index < -0.39 is 0 Å². The fourth-order valence-corrected chi connectivity index (χ4v) is 3.71. The molecule has 0 bridgehead atoms. The van der Waals surface area contributed by atoms with Crippen LogP contribution in [-0.4, -0.2) is 55.1 Å². The van der Waals surface area contributed by atoms with Crippen LogP contribution in [-0.2, 0) is 0 Å². The summed E-state index contributed by atoms with van der Waals surface area (Å²) < 4.78 is 0. The molecule has 3 nitrogen and oxygen atoms in total. The van der Waals surface area contributed by atoms with Gasteiger partial charge in [0.1, 0.15) is 0 Å². The highest BCUT2D eigenvalue weighted by Crippen LogP contribution is 2.29. The molecule has 1 aromatic carbocycles. The van der Waals surface area contributed by atoms with E-state index in [2.05, 4.69) is 59.4 Å². The molecule has 1 aromatic rings. The van der Waals surface area contributed by atoms with E-state index in [-0.39, 0.29) is 0 Å². The summed E-state index contributed by atoms with van der Waals surface area (Å²) in [4.78, 5) is 5.26. The number of piperidine rings is 1. The summed E-state index contributed by atoms with van der Waals surface area (Å²) in [7, 11) is 2.26. The number of likely N-dealkylation sites (tertiary alicyclic amines) is 1. The lowest BCUT2D eigenvalue weighted by Gasteiger charge is -2.46. The number of hydrogen-bond donors (Lipinski definition) is 1. The van der Waals surface area contributed by atoms with Crippen molar-refractivity contribution < 1.29 is 0 Å². The minimum Gasteiger partial charge on any atom is -0.314 e. The van der Waals surface area contributed by atoms with E-state index in [0.717, 1.165) is 19.1 Å². The molecule has 20 heavy (non-hydrogen) atoms. The number of nitrogens with zero attached hydrogens (tertiary/aromatic N) is 2. The molecule has 0 spiro atoms. The topological polar surface area (TPSA) is 18.5 Å². The normalized spacial score (nSPS) is 33.2. The van der Waals surface area contributed by atoms with Gasteiger partial charge in [0, 0.05) is 37.8 Å². The van der Waals surface area contributed by atoms with Crippen LogP contribution >= 0.6 is 0 Å². The molecule has 0 amide bonds. The van der Waals surface area contributed by atoms with Crippen LogP contribution in [0.15, 0.2) is 30.3 Å². The van der Waals surface area contributed by atoms with Crippen molar-refractivity contribution in [2.75, 3.05) is 33.2 Å². The smallest absolute Gasteiger partial charge is 0.0476 e. The first-order chi connectivity index (χ1) is 9.75. The van der Waals surface area contributed by atoms with Gasteiger partial charge in [0.15, 0.2) is 0 Å². The van der Waals surface area contributed by atoms with Gasteiger partial charge in [-0.15, -0.1) is 0 Å². The first kappa shape index (κ1) is 14.1. The van der Waals surface area contributed by atoms with Gasteiger partial charge in [-0.25, -0.2) is 0 Å². The van der Waals surface area contributed by atoms with Crippen molar-refractivity contribution >= 4 is 0 Å². The first-order valence-electron chi connectivity index (χ1n) is 7.97. The molecule has 2 saturated heterocycles. The summed E-state index contributed by atoms with van der Waals surface area (Å²) >= 11 is 0. The summed E-state index contributed by atoms with van der Waals surface area (Å²) in [6, 6.07) is 13.0. The van der Waals surface area contributed by atoms with Gasteiger partial charge in [0.2, 0.25) is 0 Å². The Morgan fingerprint density at radius 1 is 1.15 bits per heavy atom. The van der Waals surface area contributed by atoms with Crippen molar-refractivity contribution in [2.45, 2.75) is 37.9 Å². The second-order valence-corrected chi connectivity index (χ2v) is 6.38. The van der Waals surface area contributed by atoms with Crippen molar-refractivity contribution in [3.05, 3.63) is 35.9 Å². The number of nitrogens with one attached hydrogen (secondary N) is 1. The SMILES string of the molecule is CC1CC(N2CCNCC2c2ccccc2)CCN1C. The zero-order valence-corrected chi connectivity index (χ0v) is 12.8. The molecule has 0 radical (unpaired) electrons. The van der Waals surface area contributed by atoms with E-state index in [1.807, 2.05) is 0 Å². The van der Waals surface area contributed by atoms with E-state index in [1.165, 1.54) is 31.5 Å². The molecule has 3 atom stereocenters. The van der Waals surface area contributed by atoms with Crippen molar-refractivity contribution in [1.29, 1.82) is 0 Å². The monoisotopic (exact) mass is 273 g/mol. The molecule has 2 aliphatic heterocycles. The highest BCUT2D eigenvalue weighted by Gasteiger charge is 2.33. The predicted octanol–water partition coefficient (Wildman–Crippen LogP) is 2.12. The van der Waals surface area contributed by atoms with Crippen LogP contribution in [0.5, 0.6) is 0 Å². The number of hydrogen-bond acceptors (Lipinski definition) is 3. The van der Waals surface area contributed by atoms with Gasteiger partial charge in [0.05, 0.1) is 0 Å². The Kier molecular flexibility index (Phi) is 4.39. The number of piperazine rings is 1. The van der Waals surface area contributed by atoms with E-state index in [9.17, 15) is 0 Å². The summed E-state index contributed by atoms with van der Waals surface area (Å²) in [5, 5.41) is 3.57. The molecule has 2 aliphatic rings. The second-order valence-electron chi connectivity index (χ2n) is 6.38. The third kappa shape index (κ3) is 2.90. The maximum atomic E-state index is 3.57. The molecule has 3 heteroatoms. The highest BCUT2D eigenvalue weighted by molar-refractivity contribution is 5.20. The Balaban J connectivity index is 1.76. The van der Waals surface area contributed by atoms with Gasteiger partial charge >= 0.3 is 0 Å². The molecular formula is C17H27N3. The molecule has 0 saturated carbocycles. The van der Waals surface area contributed by atoms with E-state index in [4.69, 9.17) is 0 Å². The van der Waals surface area contributed by atoms with Crippen LogP contribution in [0.2, 0.25) is 0 Å². The van der Waals surface area contributed by atoms with E-state index in [1.54, 1.807) is 0 Å². The third-order valence-corrected chi connectivity index (χ3v) is 5.12. The van der Waals surface area contributed by atoms with Crippen molar-refractivity contribution in [3.63, 3.8) is 0 Å². The molecule has 2 heterocycles. The van der Waals surface area contributed by atoms with Crippen molar-refractivity contribution in [1.82, 2.24) is 15.1 Å².